The molecule has 0 N–H and O–H groups in total. The van der Waals surface area contributed by atoms with E-state index in [1.54, 1.807) is 19.1 Å². The molecule has 84 valence electrons. The van der Waals surface area contributed by atoms with Gasteiger partial charge in [-0.15, -0.1) is 0 Å². The first-order valence-corrected chi connectivity index (χ1v) is 5.77. The van der Waals surface area contributed by atoms with Gasteiger partial charge in [-0.2, -0.15) is 0 Å². The van der Waals surface area contributed by atoms with Gasteiger partial charge in [0.1, 0.15) is 6.42 Å². The molecule has 1 heterocycles. The molecule has 1 saturated heterocycles. The molecule has 0 spiro atoms. The third-order valence-corrected chi connectivity index (χ3v) is 2.99. The molecule has 0 bridgehead atoms. The summed E-state index contributed by atoms with van der Waals surface area (Å²) in [6.07, 6.45) is -0.319. The fourth-order valence-electron chi connectivity index (χ4n) is 1.52. The highest BCUT2D eigenvalue weighted by atomic mass is 127. The maximum absolute atomic E-state index is 11.2. The summed E-state index contributed by atoms with van der Waals surface area (Å²) in [5.74, 6) is -2.41. The van der Waals surface area contributed by atoms with E-state index in [1.165, 1.54) is 0 Å². The van der Waals surface area contributed by atoms with Crippen LogP contribution in [0, 0.1) is 3.57 Å². The molecule has 2 rings (SSSR count). The number of cyclic esters (lactones) is 2. The van der Waals surface area contributed by atoms with Crippen molar-refractivity contribution in [1.29, 1.82) is 0 Å². The van der Waals surface area contributed by atoms with Gasteiger partial charge >= 0.3 is 11.9 Å². The minimum atomic E-state index is -1.29. The fraction of sp³-hybridized carbons (Fsp3) is 0.273. The Hall–Kier alpha value is -1.11. The molecule has 0 saturated carbocycles. The molecule has 1 aliphatic rings. The van der Waals surface area contributed by atoms with Gasteiger partial charge < -0.3 is 9.47 Å². The number of halogens is 1. The molecule has 1 aromatic carbocycles. The standard InChI is InChI=1S/C11H9IO4/c1-11(7-2-4-8(12)5-3-7)15-9(13)6-10(14)16-11/h2-5H,6H2,1H3. The maximum Gasteiger partial charge on any atom is 0.320 e. The van der Waals surface area contributed by atoms with Crippen LogP contribution in [0.5, 0.6) is 0 Å². The number of rotatable bonds is 1. The van der Waals surface area contributed by atoms with E-state index in [1.807, 2.05) is 12.1 Å². The zero-order valence-electron chi connectivity index (χ0n) is 8.53. The minimum Gasteiger partial charge on any atom is -0.418 e. The van der Waals surface area contributed by atoms with Crippen LogP contribution >= 0.6 is 22.6 Å². The number of benzene rings is 1. The second-order valence-electron chi connectivity index (χ2n) is 3.58. The molecule has 5 heteroatoms. The van der Waals surface area contributed by atoms with E-state index in [0.717, 1.165) is 3.57 Å². The average molecular weight is 332 g/mol. The van der Waals surface area contributed by atoms with Crippen molar-refractivity contribution in [3.8, 4) is 0 Å². The van der Waals surface area contributed by atoms with E-state index in [9.17, 15) is 9.59 Å². The van der Waals surface area contributed by atoms with Gasteiger partial charge in [0, 0.05) is 16.1 Å². The van der Waals surface area contributed by atoms with Crippen molar-refractivity contribution >= 4 is 34.5 Å². The first kappa shape index (κ1) is 11.4. The predicted molar refractivity (Wildman–Crippen MR) is 63.3 cm³/mol. The van der Waals surface area contributed by atoms with Gasteiger partial charge in [-0.1, -0.05) is 12.1 Å². The number of ether oxygens (including phenoxy) is 2. The van der Waals surface area contributed by atoms with Crippen LogP contribution in [-0.4, -0.2) is 11.9 Å². The third kappa shape index (κ3) is 2.18. The maximum atomic E-state index is 11.2. The lowest BCUT2D eigenvalue weighted by molar-refractivity contribution is -0.242. The van der Waals surface area contributed by atoms with Crippen LogP contribution in [0.4, 0.5) is 0 Å². The summed E-state index contributed by atoms with van der Waals surface area (Å²) in [4.78, 5) is 22.4. The molecule has 1 fully saturated rings. The van der Waals surface area contributed by atoms with Crippen molar-refractivity contribution in [1.82, 2.24) is 0 Å². The van der Waals surface area contributed by atoms with Crippen molar-refractivity contribution in [2.24, 2.45) is 0 Å². The van der Waals surface area contributed by atoms with Crippen LogP contribution in [0.3, 0.4) is 0 Å². The van der Waals surface area contributed by atoms with Crippen molar-refractivity contribution in [2.75, 3.05) is 0 Å². The van der Waals surface area contributed by atoms with Crippen LogP contribution in [0.15, 0.2) is 24.3 Å². The molecule has 0 aromatic heterocycles. The second kappa shape index (κ2) is 4.04. The fourth-order valence-corrected chi connectivity index (χ4v) is 1.88. The summed E-state index contributed by atoms with van der Waals surface area (Å²) >= 11 is 2.16. The van der Waals surface area contributed by atoms with Crippen LogP contribution in [-0.2, 0) is 24.8 Å². The Morgan fingerprint density at radius 1 is 1.12 bits per heavy atom. The van der Waals surface area contributed by atoms with Crippen molar-refractivity contribution in [3.63, 3.8) is 0 Å². The van der Waals surface area contributed by atoms with Crippen LogP contribution < -0.4 is 0 Å². The Bertz CT molecular complexity index is 422. The SMILES string of the molecule is CC1(c2ccc(I)cc2)OC(=O)CC(=O)O1. The Kier molecular flexibility index (Phi) is 2.88. The molecular formula is C11H9IO4. The number of carbonyl (C=O) groups is 2. The van der Waals surface area contributed by atoms with Crippen LogP contribution in [0.2, 0.25) is 0 Å². The van der Waals surface area contributed by atoms with E-state index < -0.39 is 17.7 Å². The Labute approximate surface area is 106 Å². The molecule has 16 heavy (non-hydrogen) atoms. The highest BCUT2D eigenvalue weighted by Crippen LogP contribution is 2.31. The lowest BCUT2D eigenvalue weighted by Gasteiger charge is -2.32. The van der Waals surface area contributed by atoms with E-state index in [-0.39, 0.29) is 6.42 Å². The Balaban J connectivity index is 2.33. The van der Waals surface area contributed by atoms with E-state index in [0.29, 0.717) is 5.56 Å². The zero-order valence-corrected chi connectivity index (χ0v) is 10.7. The van der Waals surface area contributed by atoms with Crippen LogP contribution in [0.1, 0.15) is 18.9 Å². The number of esters is 2. The lowest BCUT2D eigenvalue weighted by atomic mass is 10.1. The molecule has 0 amide bonds. The highest BCUT2D eigenvalue weighted by molar-refractivity contribution is 14.1. The normalized spacial score (nSPS) is 18.9. The largest absolute Gasteiger partial charge is 0.418 e. The molecular weight excluding hydrogens is 323 g/mol. The quantitative estimate of drug-likeness (QED) is 0.448. The summed E-state index contributed by atoms with van der Waals surface area (Å²) in [5.41, 5.74) is 0.648. The van der Waals surface area contributed by atoms with Gasteiger partial charge in [0.25, 0.3) is 5.79 Å². The molecule has 0 atom stereocenters. The molecule has 1 aliphatic heterocycles. The van der Waals surface area contributed by atoms with Gasteiger partial charge in [0.2, 0.25) is 0 Å². The topological polar surface area (TPSA) is 52.6 Å². The monoisotopic (exact) mass is 332 g/mol. The number of carbonyl (C=O) groups excluding carboxylic acids is 2. The van der Waals surface area contributed by atoms with E-state index >= 15 is 0 Å². The molecule has 0 unspecified atom stereocenters. The van der Waals surface area contributed by atoms with Crippen molar-refractivity contribution in [3.05, 3.63) is 33.4 Å². The highest BCUT2D eigenvalue weighted by Gasteiger charge is 2.40. The summed E-state index contributed by atoms with van der Waals surface area (Å²) in [6, 6.07) is 7.26. The van der Waals surface area contributed by atoms with Gasteiger partial charge in [0.15, 0.2) is 0 Å². The first-order chi connectivity index (χ1) is 7.49. The molecule has 0 radical (unpaired) electrons. The third-order valence-electron chi connectivity index (χ3n) is 2.27. The average Bonchev–Trinajstić information content (AvgIpc) is 2.16. The summed E-state index contributed by atoms with van der Waals surface area (Å²) in [5, 5.41) is 0. The Morgan fingerprint density at radius 3 is 2.12 bits per heavy atom. The van der Waals surface area contributed by atoms with Gasteiger partial charge in [0.05, 0.1) is 0 Å². The summed E-state index contributed by atoms with van der Waals surface area (Å²) in [7, 11) is 0. The van der Waals surface area contributed by atoms with Gasteiger partial charge in [-0.25, -0.2) is 0 Å². The van der Waals surface area contributed by atoms with E-state index in [2.05, 4.69) is 22.6 Å². The number of hydrogen-bond donors (Lipinski definition) is 0. The van der Waals surface area contributed by atoms with Crippen molar-refractivity contribution in [2.45, 2.75) is 19.1 Å². The Morgan fingerprint density at radius 2 is 1.62 bits per heavy atom. The predicted octanol–water partition coefficient (Wildman–Crippen LogP) is 1.95. The van der Waals surface area contributed by atoms with Crippen LogP contribution in [0.25, 0.3) is 0 Å². The second-order valence-corrected chi connectivity index (χ2v) is 4.82. The molecule has 1 aromatic rings. The van der Waals surface area contributed by atoms with Gasteiger partial charge in [-0.3, -0.25) is 9.59 Å². The molecule has 4 nitrogen and oxygen atoms in total. The molecule has 0 aliphatic carbocycles. The van der Waals surface area contributed by atoms with Gasteiger partial charge in [-0.05, 0) is 34.7 Å². The smallest absolute Gasteiger partial charge is 0.320 e. The van der Waals surface area contributed by atoms with E-state index in [4.69, 9.17) is 9.47 Å². The summed E-state index contributed by atoms with van der Waals surface area (Å²) < 4.78 is 11.2. The lowest BCUT2D eigenvalue weighted by Crippen LogP contribution is -2.40. The van der Waals surface area contributed by atoms with Crippen molar-refractivity contribution < 1.29 is 19.1 Å². The first-order valence-electron chi connectivity index (χ1n) is 4.69. The summed E-state index contributed by atoms with van der Waals surface area (Å²) in [6.45, 7) is 1.56. The minimum absolute atomic E-state index is 0.319. The number of hydrogen-bond acceptors (Lipinski definition) is 4. The zero-order chi connectivity index (χ0) is 11.8.